The third-order valence-electron chi connectivity index (χ3n) is 6.07. The van der Waals surface area contributed by atoms with Crippen molar-refractivity contribution in [1.29, 1.82) is 0 Å². The molecule has 2 heterocycles. The summed E-state index contributed by atoms with van der Waals surface area (Å²) in [4.78, 5) is 22.1. The Labute approximate surface area is 172 Å². The monoisotopic (exact) mass is 407 g/mol. The summed E-state index contributed by atoms with van der Waals surface area (Å²) >= 11 is 6.17. The molecule has 1 saturated heterocycles. The van der Waals surface area contributed by atoms with E-state index in [9.17, 15) is 4.79 Å². The minimum absolute atomic E-state index is 0. The standard InChI is InChI=1S/C21H26ClN3O.ClH/c1-24(16-11-12-25(14-16)15-7-3-2-4-8-15)21(26)18-13-20(22)23-19-10-6-5-9-17(18)19;/h5-6,9-10,13,15-16H,2-4,7-8,11-12,14H2,1H3;1H. The van der Waals surface area contributed by atoms with Gasteiger partial charge < -0.3 is 4.90 Å². The lowest BCUT2D eigenvalue weighted by Gasteiger charge is -2.32. The van der Waals surface area contributed by atoms with Gasteiger partial charge in [-0.15, -0.1) is 12.4 Å². The number of halogens is 2. The maximum Gasteiger partial charge on any atom is 0.254 e. The summed E-state index contributed by atoms with van der Waals surface area (Å²) < 4.78 is 0. The van der Waals surface area contributed by atoms with Crippen LogP contribution in [0.25, 0.3) is 10.9 Å². The van der Waals surface area contributed by atoms with Crippen LogP contribution in [-0.4, -0.2) is 52.9 Å². The number of aromatic nitrogens is 1. The lowest BCUT2D eigenvalue weighted by molar-refractivity contribution is 0.0728. The Hall–Kier alpha value is -1.36. The molecule has 1 atom stereocenters. The Morgan fingerprint density at radius 1 is 1.19 bits per heavy atom. The van der Waals surface area contributed by atoms with Crippen molar-refractivity contribution in [3.05, 3.63) is 41.0 Å². The third-order valence-corrected chi connectivity index (χ3v) is 6.26. The lowest BCUT2D eigenvalue weighted by atomic mass is 9.94. The average Bonchev–Trinajstić information content (AvgIpc) is 3.17. The molecule has 27 heavy (non-hydrogen) atoms. The second-order valence-corrected chi connectivity index (χ2v) is 8.04. The molecule has 0 radical (unpaired) electrons. The Morgan fingerprint density at radius 2 is 1.93 bits per heavy atom. The highest BCUT2D eigenvalue weighted by Crippen LogP contribution is 2.28. The van der Waals surface area contributed by atoms with E-state index in [0.29, 0.717) is 16.8 Å². The molecule has 1 aromatic heterocycles. The molecular weight excluding hydrogens is 381 g/mol. The summed E-state index contributed by atoms with van der Waals surface area (Å²) in [6.07, 6.45) is 7.76. The highest BCUT2D eigenvalue weighted by Gasteiger charge is 2.33. The van der Waals surface area contributed by atoms with Crippen molar-refractivity contribution in [2.45, 2.75) is 50.6 Å². The molecular formula is C21H27Cl2N3O. The maximum atomic E-state index is 13.2. The first-order valence-electron chi connectivity index (χ1n) is 9.70. The Morgan fingerprint density at radius 3 is 2.70 bits per heavy atom. The molecule has 2 aliphatic rings. The molecule has 2 fully saturated rings. The fourth-order valence-electron chi connectivity index (χ4n) is 4.54. The van der Waals surface area contributed by atoms with Crippen molar-refractivity contribution in [3.63, 3.8) is 0 Å². The van der Waals surface area contributed by atoms with Crippen LogP contribution in [0.1, 0.15) is 48.9 Å². The Bertz CT molecular complexity index is 807. The van der Waals surface area contributed by atoms with E-state index in [1.54, 1.807) is 6.07 Å². The van der Waals surface area contributed by atoms with Crippen LogP contribution in [0.2, 0.25) is 5.15 Å². The summed E-state index contributed by atoms with van der Waals surface area (Å²) in [5.41, 5.74) is 1.42. The van der Waals surface area contributed by atoms with Gasteiger partial charge in [0.1, 0.15) is 5.15 Å². The number of likely N-dealkylation sites (N-methyl/N-ethyl adjacent to an activating group) is 1. The number of amides is 1. The molecule has 0 N–H and O–H groups in total. The summed E-state index contributed by atoms with van der Waals surface area (Å²) in [6.45, 7) is 2.09. The van der Waals surface area contributed by atoms with Crippen LogP contribution in [0, 0.1) is 0 Å². The highest BCUT2D eigenvalue weighted by atomic mass is 35.5. The minimum Gasteiger partial charge on any atom is -0.337 e. The molecule has 2 aromatic rings. The number of pyridine rings is 1. The largest absolute Gasteiger partial charge is 0.337 e. The molecule has 1 aliphatic carbocycles. The molecule has 4 nitrogen and oxygen atoms in total. The molecule has 1 amide bonds. The summed E-state index contributed by atoms with van der Waals surface area (Å²) in [7, 11) is 1.93. The van der Waals surface area contributed by atoms with Crippen LogP contribution in [0.5, 0.6) is 0 Å². The number of nitrogens with zero attached hydrogens (tertiary/aromatic N) is 3. The number of benzene rings is 1. The first-order chi connectivity index (χ1) is 12.6. The Balaban J connectivity index is 0.00000210. The second-order valence-electron chi connectivity index (χ2n) is 7.66. The fraction of sp³-hybridized carbons (Fsp3) is 0.524. The predicted octanol–water partition coefficient (Wildman–Crippen LogP) is 4.79. The number of carbonyl (C=O) groups excluding carboxylic acids is 1. The zero-order valence-corrected chi connectivity index (χ0v) is 17.3. The molecule has 1 saturated carbocycles. The topological polar surface area (TPSA) is 36.4 Å². The van der Waals surface area contributed by atoms with Crippen LogP contribution in [-0.2, 0) is 0 Å². The van der Waals surface area contributed by atoms with Gasteiger partial charge in [-0.1, -0.05) is 49.1 Å². The molecule has 1 aliphatic heterocycles. The zero-order chi connectivity index (χ0) is 18.1. The van der Waals surface area contributed by atoms with Crippen molar-refractivity contribution in [3.8, 4) is 0 Å². The molecule has 146 valence electrons. The third kappa shape index (κ3) is 4.23. The highest BCUT2D eigenvalue weighted by molar-refractivity contribution is 6.30. The fourth-order valence-corrected chi connectivity index (χ4v) is 4.74. The van der Waals surface area contributed by atoms with Gasteiger partial charge in [-0.2, -0.15) is 0 Å². The summed E-state index contributed by atoms with van der Waals surface area (Å²) in [5, 5.41) is 1.24. The number of para-hydroxylation sites is 1. The molecule has 1 unspecified atom stereocenters. The van der Waals surface area contributed by atoms with Crippen molar-refractivity contribution in [2.75, 3.05) is 20.1 Å². The van der Waals surface area contributed by atoms with Gasteiger partial charge in [-0.05, 0) is 31.4 Å². The van der Waals surface area contributed by atoms with E-state index in [0.717, 1.165) is 30.4 Å². The average molecular weight is 408 g/mol. The van der Waals surface area contributed by atoms with Crippen LogP contribution in [0.3, 0.4) is 0 Å². The molecule has 1 aromatic carbocycles. The van der Waals surface area contributed by atoms with Gasteiger partial charge >= 0.3 is 0 Å². The SMILES string of the molecule is CN(C(=O)c1cc(Cl)nc2ccccc12)C1CCN(C2CCCCC2)C1.Cl. The molecule has 4 rings (SSSR count). The number of hydrogen-bond acceptors (Lipinski definition) is 3. The first-order valence-corrected chi connectivity index (χ1v) is 10.1. The van der Waals surface area contributed by atoms with E-state index in [1.165, 1.54) is 32.1 Å². The van der Waals surface area contributed by atoms with Gasteiger partial charge in [-0.25, -0.2) is 4.98 Å². The van der Waals surface area contributed by atoms with E-state index in [1.807, 2.05) is 36.2 Å². The number of carbonyl (C=O) groups is 1. The predicted molar refractivity (Wildman–Crippen MR) is 113 cm³/mol. The van der Waals surface area contributed by atoms with Crippen LogP contribution < -0.4 is 0 Å². The smallest absolute Gasteiger partial charge is 0.254 e. The van der Waals surface area contributed by atoms with E-state index in [-0.39, 0.29) is 24.4 Å². The van der Waals surface area contributed by atoms with E-state index >= 15 is 0 Å². The zero-order valence-electron chi connectivity index (χ0n) is 15.7. The van der Waals surface area contributed by atoms with Crippen LogP contribution in [0.15, 0.2) is 30.3 Å². The van der Waals surface area contributed by atoms with Gasteiger partial charge in [0.15, 0.2) is 0 Å². The number of fused-ring (bicyclic) bond motifs is 1. The lowest BCUT2D eigenvalue weighted by Crippen LogP contribution is -2.41. The number of rotatable bonds is 3. The molecule has 6 heteroatoms. The van der Waals surface area contributed by atoms with E-state index < -0.39 is 0 Å². The molecule has 0 bridgehead atoms. The van der Waals surface area contributed by atoms with Gasteiger partial charge in [0.25, 0.3) is 5.91 Å². The van der Waals surface area contributed by atoms with E-state index in [4.69, 9.17) is 11.6 Å². The van der Waals surface area contributed by atoms with Gasteiger partial charge in [0.2, 0.25) is 0 Å². The minimum atomic E-state index is 0. The van der Waals surface area contributed by atoms with Crippen LogP contribution >= 0.6 is 24.0 Å². The van der Waals surface area contributed by atoms with Crippen molar-refractivity contribution < 1.29 is 4.79 Å². The van der Waals surface area contributed by atoms with Crippen molar-refractivity contribution >= 4 is 40.8 Å². The molecule has 0 spiro atoms. The maximum absolute atomic E-state index is 13.2. The van der Waals surface area contributed by atoms with Crippen LogP contribution in [0.4, 0.5) is 0 Å². The van der Waals surface area contributed by atoms with Gasteiger partial charge in [0.05, 0.1) is 11.1 Å². The van der Waals surface area contributed by atoms with Gasteiger partial charge in [0, 0.05) is 37.6 Å². The number of hydrogen-bond donors (Lipinski definition) is 0. The van der Waals surface area contributed by atoms with E-state index in [2.05, 4.69) is 9.88 Å². The Kier molecular flexibility index (Phi) is 6.61. The normalized spacial score (nSPS) is 21.2. The summed E-state index contributed by atoms with van der Waals surface area (Å²) in [5.74, 6) is 0.0426. The quantitative estimate of drug-likeness (QED) is 0.686. The second kappa shape index (κ2) is 8.76. The summed E-state index contributed by atoms with van der Waals surface area (Å²) in [6, 6.07) is 10.4. The van der Waals surface area contributed by atoms with Crippen molar-refractivity contribution in [2.24, 2.45) is 0 Å². The van der Waals surface area contributed by atoms with Gasteiger partial charge in [-0.3, -0.25) is 9.69 Å². The first kappa shape index (κ1) is 20.4. The number of likely N-dealkylation sites (tertiary alicyclic amines) is 1. The van der Waals surface area contributed by atoms with Crippen molar-refractivity contribution in [1.82, 2.24) is 14.8 Å².